The maximum Gasteiger partial charge on any atom is 0.306 e. The molecule has 0 saturated carbocycles. The number of esters is 1. The van der Waals surface area contributed by atoms with Crippen LogP contribution in [0.4, 0.5) is 0 Å². The number of aromatic nitrogens is 2. The number of hydrogen-bond donors (Lipinski definition) is 0. The normalized spacial score (nSPS) is 16.8. The lowest BCUT2D eigenvalue weighted by Crippen LogP contribution is -2.31. The maximum absolute atomic E-state index is 12.4. The van der Waals surface area contributed by atoms with Crippen LogP contribution in [0.3, 0.4) is 0 Å². The monoisotopic (exact) mass is 343 g/mol. The molecule has 1 atom stereocenters. The van der Waals surface area contributed by atoms with Gasteiger partial charge in [-0.3, -0.25) is 9.59 Å². The summed E-state index contributed by atoms with van der Waals surface area (Å²) in [5.41, 5.74) is 0.871. The van der Waals surface area contributed by atoms with Gasteiger partial charge in [0.2, 0.25) is 17.6 Å². The van der Waals surface area contributed by atoms with E-state index in [1.165, 1.54) is 0 Å². The maximum atomic E-state index is 12.4. The Morgan fingerprint density at radius 3 is 2.84 bits per heavy atom. The van der Waals surface area contributed by atoms with E-state index < -0.39 is 0 Å². The molecule has 0 bridgehead atoms. The largest absolute Gasteiger partial charge is 0.466 e. The van der Waals surface area contributed by atoms with E-state index in [9.17, 15) is 9.59 Å². The highest BCUT2D eigenvalue weighted by Crippen LogP contribution is 2.32. The van der Waals surface area contributed by atoms with E-state index in [0.717, 1.165) is 18.4 Å². The lowest BCUT2D eigenvalue weighted by atomic mass is 10.2. The Labute approximate surface area is 146 Å². The summed E-state index contributed by atoms with van der Waals surface area (Å²) in [7, 11) is 0. The molecule has 7 nitrogen and oxygen atoms in total. The summed E-state index contributed by atoms with van der Waals surface area (Å²) < 4.78 is 10.3. The summed E-state index contributed by atoms with van der Waals surface area (Å²) in [6.45, 7) is 2.70. The molecular formula is C18H21N3O4. The number of hydrogen-bond acceptors (Lipinski definition) is 6. The zero-order valence-corrected chi connectivity index (χ0v) is 14.2. The summed E-state index contributed by atoms with van der Waals surface area (Å²) in [6.07, 6.45) is 1.88. The summed E-state index contributed by atoms with van der Waals surface area (Å²) in [4.78, 5) is 30.1. The van der Waals surface area contributed by atoms with Crippen LogP contribution in [-0.2, 0) is 14.3 Å². The number of carbonyl (C=O) groups excluding carboxylic acids is 2. The molecule has 2 aromatic rings. The molecule has 1 fully saturated rings. The molecule has 1 aromatic carbocycles. The highest BCUT2D eigenvalue weighted by molar-refractivity contribution is 5.81. The number of amides is 1. The molecule has 1 aliphatic heterocycles. The van der Waals surface area contributed by atoms with E-state index >= 15 is 0 Å². The molecule has 25 heavy (non-hydrogen) atoms. The highest BCUT2D eigenvalue weighted by Gasteiger charge is 2.34. The van der Waals surface area contributed by atoms with Gasteiger partial charge < -0.3 is 14.2 Å². The van der Waals surface area contributed by atoms with Crippen molar-refractivity contribution in [2.45, 2.75) is 38.6 Å². The van der Waals surface area contributed by atoms with Crippen LogP contribution in [0.15, 0.2) is 34.9 Å². The predicted octanol–water partition coefficient (Wildman–Crippen LogP) is 2.74. The van der Waals surface area contributed by atoms with Crippen LogP contribution in [0.2, 0.25) is 0 Å². The van der Waals surface area contributed by atoms with Gasteiger partial charge >= 0.3 is 5.97 Å². The smallest absolute Gasteiger partial charge is 0.306 e. The summed E-state index contributed by atoms with van der Waals surface area (Å²) in [6, 6.07) is 9.33. The van der Waals surface area contributed by atoms with Crippen molar-refractivity contribution in [2.24, 2.45) is 0 Å². The summed E-state index contributed by atoms with van der Waals surface area (Å²) >= 11 is 0. The average Bonchev–Trinajstić information content (AvgIpc) is 3.29. The van der Waals surface area contributed by atoms with Gasteiger partial charge in [-0.1, -0.05) is 35.5 Å². The molecule has 132 valence electrons. The van der Waals surface area contributed by atoms with Gasteiger partial charge in [0.1, 0.15) is 6.04 Å². The van der Waals surface area contributed by atoms with Crippen molar-refractivity contribution in [1.29, 1.82) is 0 Å². The minimum Gasteiger partial charge on any atom is -0.466 e. The average molecular weight is 343 g/mol. The van der Waals surface area contributed by atoms with E-state index in [4.69, 9.17) is 9.26 Å². The minimum atomic E-state index is -0.351. The number of nitrogens with zero attached hydrogens (tertiary/aromatic N) is 3. The fourth-order valence-electron chi connectivity index (χ4n) is 2.98. The first-order valence-electron chi connectivity index (χ1n) is 8.53. The van der Waals surface area contributed by atoms with Crippen LogP contribution < -0.4 is 0 Å². The molecule has 2 heterocycles. The van der Waals surface area contributed by atoms with Gasteiger partial charge in [-0.25, -0.2) is 0 Å². The van der Waals surface area contributed by atoms with Gasteiger partial charge in [-0.15, -0.1) is 0 Å². The van der Waals surface area contributed by atoms with Gasteiger partial charge in [0, 0.05) is 18.5 Å². The molecule has 0 spiro atoms. The Morgan fingerprint density at radius 1 is 1.28 bits per heavy atom. The summed E-state index contributed by atoms with van der Waals surface area (Å²) in [5.74, 6) is 0.521. The van der Waals surface area contributed by atoms with Crippen molar-refractivity contribution < 1.29 is 18.8 Å². The first-order chi connectivity index (χ1) is 12.2. The van der Waals surface area contributed by atoms with Crippen LogP contribution in [0, 0.1) is 0 Å². The number of benzene rings is 1. The van der Waals surface area contributed by atoms with Crippen LogP contribution in [0.25, 0.3) is 11.4 Å². The van der Waals surface area contributed by atoms with E-state index in [-0.39, 0.29) is 30.8 Å². The molecule has 0 aliphatic carbocycles. The zero-order chi connectivity index (χ0) is 17.6. The molecule has 0 unspecified atom stereocenters. The van der Waals surface area contributed by atoms with Gasteiger partial charge in [0.15, 0.2) is 0 Å². The Kier molecular flexibility index (Phi) is 5.42. The van der Waals surface area contributed by atoms with Gasteiger partial charge in [-0.2, -0.15) is 4.98 Å². The van der Waals surface area contributed by atoms with Crippen molar-refractivity contribution in [2.75, 3.05) is 13.2 Å². The van der Waals surface area contributed by atoms with Crippen molar-refractivity contribution in [3.05, 3.63) is 36.2 Å². The van der Waals surface area contributed by atoms with Gasteiger partial charge in [0.25, 0.3) is 0 Å². The first kappa shape index (κ1) is 17.1. The van der Waals surface area contributed by atoms with Crippen LogP contribution >= 0.6 is 0 Å². The lowest BCUT2D eigenvalue weighted by Gasteiger charge is -2.21. The Morgan fingerprint density at radius 2 is 2.08 bits per heavy atom. The van der Waals surface area contributed by atoms with E-state index in [1.54, 1.807) is 11.8 Å². The van der Waals surface area contributed by atoms with Crippen LogP contribution in [0.5, 0.6) is 0 Å². The third kappa shape index (κ3) is 4.04. The molecule has 0 radical (unpaired) electrons. The zero-order valence-electron chi connectivity index (χ0n) is 14.2. The molecule has 0 N–H and O–H groups in total. The van der Waals surface area contributed by atoms with E-state index in [1.807, 2.05) is 30.3 Å². The SMILES string of the molecule is CCOC(=O)CCC(=O)N1CCC[C@H]1c1nc(-c2ccccc2)no1. The fourth-order valence-corrected chi connectivity index (χ4v) is 2.98. The van der Waals surface area contributed by atoms with Gasteiger partial charge in [-0.05, 0) is 19.8 Å². The molecule has 1 saturated heterocycles. The van der Waals surface area contributed by atoms with Crippen LogP contribution in [0.1, 0.15) is 44.5 Å². The predicted molar refractivity (Wildman–Crippen MR) is 89.3 cm³/mol. The molecule has 1 amide bonds. The van der Waals surface area contributed by atoms with E-state index in [2.05, 4.69) is 10.1 Å². The number of likely N-dealkylation sites (tertiary alicyclic amines) is 1. The lowest BCUT2D eigenvalue weighted by molar-refractivity contribution is -0.146. The minimum absolute atomic E-state index is 0.0879. The Hall–Kier alpha value is -2.70. The van der Waals surface area contributed by atoms with Crippen LogP contribution in [-0.4, -0.2) is 40.1 Å². The Balaban J connectivity index is 1.66. The van der Waals surface area contributed by atoms with Crippen molar-refractivity contribution in [3.63, 3.8) is 0 Å². The number of carbonyl (C=O) groups is 2. The molecule has 1 aromatic heterocycles. The third-order valence-corrected chi connectivity index (χ3v) is 4.18. The number of ether oxygens (including phenoxy) is 1. The number of rotatable bonds is 6. The quantitative estimate of drug-likeness (QED) is 0.750. The topological polar surface area (TPSA) is 85.5 Å². The molecule has 7 heteroatoms. The van der Waals surface area contributed by atoms with Crippen molar-refractivity contribution in [3.8, 4) is 11.4 Å². The first-order valence-corrected chi connectivity index (χ1v) is 8.53. The second-order valence-corrected chi connectivity index (χ2v) is 5.87. The second-order valence-electron chi connectivity index (χ2n) is 5.87. The van der Waals surface area contributed by atoms with Gasteiger partial charge in [0.05, 0.1) is 13.0 Å². The standard InChI is InChI=1S/C18H21N3O4/c1-2-24-16(23)11-10-15(22)21-12-6-9-14(21)18-19-17(20-25-18)13-7-4-3-5-8-13/h3-5,7-8,14H,2,6,9-12H2,1H3/t14-/m0/s1. The summed E-state index contributed by atoms with van der Waals surface area (Å²) in [5, 5.41) is 4.03. The second kappa shape index (κ2) is 7.92. The van der Waals surface area contributed by atoms with Crippen molar-refractivity contribution in [1.82, 2.24) is 15.0 Å². The third-order valence-electron chi connectivity index (χ3n) is 4.18. The highest BCUT2D eigenvalue weighted by atomic mass is 16.5. The Bertz CT molecular complexity index is 729. The van der Waals surface area contributed by atoms with Crippen molar-refractivity contribution >= 4 is 11.9 Å². The molecular weight excluding hydrogens is 322 g/mol. The van der Waals surface area contributed by atoms with E-state index in [0.29, 0.717) is 24.9 Å². The molecule has 1 aliphatic rings. The molecule has 3 rings (SSSR count). The fraction of sp³-hybridized carbons (Fsp3) is 0.444.